The Morgan fingerprint density at radius 3 is 2.86 bits per heavy atom. The molecule has 28 heavy (non-hydrogen) atoms. The molecule has 0 saturated heterocycles. The molecule has 2 aromatic rings. The van der Waals surface area contributed by atoms with E-state index < -0.39 is 10.8 Å². The third-order valence-corrected chi connectivity index (χ3v) is 6.38. The van der Waals surface area contributed by atoms with Crippen molar-refractivity contribution in [3.05, 3.63) is 63.5 Å². The smallest absolute Gasteiger partial charge is 0.283 e. The lowest BCUT2D eigenvalue weighted by molar-refractivity contribution is -0.387. The molecule has 2 amide bonds. The molecule has 0 aromatic heterocycles. The number of hydrogen-bond acceptors (Lipinski definition) is 6. The summed E-state index contributed by atoms with van der Waals surface area (Å²) in [4.78, 5) is 35.0. The Bertz CT molecular complexity index is 954. The predicted molar refractivity (Wildman–Crippen MR) is 105 cm³/mol. The van der Waals surface area contributed by atoms with Gasteiger partial charge in [0.1, 0.15) is 5.82 Å². The fourth-order valence-corrected chi connectivity index (χ4v) is 4.81. The molecular formula is C18H16FN3O4S2. The second-order valence-corrected chi connectivity index (χ2v) is 8.13. The number of primary amides is 1. The van der Waals surface area contributed by atoms with Crippen molar-refractivity contribution in [2.75, 3.05) is 11.5 Å². The molecule has 10 heteroatoms. The zero-order chi connectivity index (χ0) is 20.3. The van der Waals surface area contributed by atoms with Gasteiger partial charge in [-0.15, -0.1) is 23.5 Å². The van der Waals surface area contributed by atoms with Crippen LogP contribution in [-0.2, 0) is 4.79 Å². The number of nitrogens with one attached hydrogen (secondary N) is 1. The zero-order valence-electron chi connectivity index (χ0n) is 14.5. The third-order valence-electron chi connectivity index (χ3n) is 4.16. The van der Waals surface area contributed by atoms with Crippen LogP contribution in [0.4, 0.5) is 10.1 Å². The van der Waals surface area contributed by atoms with Crippen LogP contribution in [0.2, 0.25) is 0 Å². The van der Waals surface area contributed by atoms with Gasteiger partial charge in [-0.1, -0.05) is 12.1 Å². The minimum Gasteiger partial charge on any atom is -0.366 e. The SMILES string of the molecule is NC(=O)c1ccc(SCC(=O)N[C@H]2CCSc3c(F)cccc32)c([N+](=O)[O-])c1. The van der Waals surface area contributed by atoms with Gasteiger partial charge in [-0.2, -0.15) is 0 Å². The van der Waals surface area contributed by atoms with Gasteiger partial charge in [0.2, 0.25) is 11.8 Å². The minimum atomic E-state index is -0.765. The Balaban J connectivity index is 1.68. The van der Waals surface area contributed by atoms with Gasteiger partial charge in [0.05, 0.1) is 21.6 Å². The van der Waals surface area contributed by atoms with Crippen LogP contribution in [0.3, 0.4) is 0 Å². The second kappa shape index (κ2) is 8.61. The number of fused-ring (bicyclic) bond motifs is 1. The van der Waals surface area contributed by atoms with E-state index in [1.165, 1.54) is 30.0 Å². The fraction of sp³-hybridized carbons (Fsp3) is 0.222. The number of nitro groups is 1. The summed E-state index contributed by atoms with van der Waals surface area (Å²) in [7, 11) is 0. The first-order valence-corrected chi connectivity index (χ1v) is 10.3. The van der Waals surface area contributed by atoms with Crippen LogP contribution in [0.1, 0.15) is 28.4 Å². The first-order chi connectivity index (χ1) is 13.4. The Kier molecular flexibility index (Phi) is 6.20. The number of hydrogen-bond donors (Lipinski definition) is 2. The normalized spacial score (nSPS) is 15.5. The molecule has 1 heterocycles. The average Bonchev–Trinajstić information content (AvgIpc) is 2.67. The lowest BCUT2D eigenvalue weighted by Gasteiger charge is -2.26. The minimum absolute atomic E-state index is 0.0267. The summed E-state index contributed by atoms with van der Waals surface area (Å²) >= 11 is 2.41. The van der Waals surface area contributed by atoms with Crippen molar-refractivity contribution in [1.29, 1.82) is 0 Å². The summed E-state index contributed by atoms with van der Waals surface area (Å²) in [5.74, 6) is -0.748. The van der Waals surface area contributed by atoms with Crippen LogP contribution in [0, 0.1) is 15.9 Å². The van der Waals surface area contributed by atoms with Crippen molar-refractivity contribution in [3.8, 4) is 0 Å². The lowest BCUT2D eigenvalue weighted by atomic mass is 10.0. The molecule has 1 atom stereocenters. The Hall–Kier alpha value is -2.59. The maximum absolute atomic E-state index is 13.9. The molecule has 146 valence electrons. The second-order valence-electron chi connectivity index (χ2n) is 6.01. The maximum Gasteiger partial charge on any atom is 0.283 e. The molecule has 1 aliphatic heterocycles. The highest BCUT2D eigenvalue weighted by Gasteiger charge is 2.25. The number of rotatable bonds is 6. The first-order valence-electron chi connectivity index (χ1n) is 8.28. The number of nitrogens with zero attached hydrogens (tertiary/aromatic N) is 1. The maximum atomic E-state index is 13.9. The summed E-state index contributed by atoms with van der Waals surface area (Å²) in [6, 6.07) is 8.37. The highest BCUT2D eigenvalue weighted by molar-refractivity contribution is 8.00. The van der Waals surface area contributed by atoms with E-state index in [0.717, 1.165) is 23.4 Å². The molecular weight excluding hydrogens is 405 g/mol. The van der Waals surface area contributed by atoms with E-state index in [0.29, 0.717) is 17.1 Å². The Morgan fingerprint density at radius 1 is 1.36 bits per heavy atom. The number of benzene rings is 2. The molecule has 0 saturated carbocycles. The van der Waals surface area contributed by atoms with Gasteiger partial charge in [0, 0.05) is 22.3 Å². The van der Waals surface area contributed by atoms with E-state index >= 15 is 0 Å². The van der Waals surface area contributed by atoms with Crippen LogP contribution >= 0.6 is 23.5 Å². The highest BCUT2D eigenvalue weighted by atomic mass is 32.2. The topological polar surface area (TPSA) is 115 Å². The number of nitro benzene ring substituents is 1. The molecule has 2 aromatic carbocycles. The van der Waals surface area contributed by atoms with Crippen LogP contribution < -0.4 is 11.1 Å². The van der Waals surface area contributed by atoms with Gasteiger partial charge in [-0.25, -0.2) is 4.39 Å². The van der Waals surface area contributed by atoms with Gasteiger partial charge in [0.25, 0.3) is 5.69 Å². The van der Waals surface area contributed by atoms with Crippen molar-refractivity contribution < 1.29 is 18.9 Å². The van der Waals surface area contributed by atoms with Crippen molar-refractivity contribution in [2.45, 2.75) is 22.3 Å². The van der Waals surface area contributed by atoms with Crippen LogP contribution in [-0.4, -0.2) is 28.2 Å². The van der Waals surface area contributed by atoms with Gasteiger partial charge < -0.3 is 11.1 Å². The van der Waals surface area contributed by atoms with E-state index in [-0.39, 0.29) is 39.7 Å². The van der Waals surface area contributed by atoms with Gasteiger partial charge >= 0.3 is 0 Å². The quantitative estimate of drug-likeness (QED) is 0.420. The van der Waals surface area contributed by atoms with Gasteiger partial charge in [-0.05, 0) is 30.2 Å². The molecule has 0 fully saturated rings. The summed E-state index contributed by atoms with van der Waals surface area (Å²) in [6.07, 6.45) is 0.672. The lowest BCUT2D eigenvalue weighted by Crippen LogP contribution is -2.32. The van der Waals surface area contributed by atoms with E-state index in [1.54, 1.807) is 12.1 Å². The monoisotopic (exact) mass is 421 g/mol. The predicted octanol–water partition coefficient (Wildman–Crippen LogP) is 3.28. The molecule has 7 nitrogen and oxygen atoms in total. The van der Waals surface area contributed by atoms with E-state index in [4.69, 9.17) is 5.73 Å². The molecule has 0 aliphatic carbocycles. The summed E-state index contributed by atoms with van der Waals surface area (Å²) < 4.78 is 13.9. The average molecular weight is 421 g/mol. The summed E-state index contributed by atoms with van der Waals surface area (Å²) in [6.45, 7) is 0. The molecule has 0 radical (unpaired) electrons. The molecule has 0 unspecified atom stereocenters. The number of amides is 2. The molecule has 3 N–H and O–H groups in total. The molecule has 0 spiro atoms. The first kappa shape index (κ1) is 20.2. The summed E-state index contributed by atoms with van der Waals surface area (Å²) in [5.41, 5.74) is 5.63. The number of carbonyl (C=O) groups is 2. The van der Waals surface area contributed by atoms with Crippen molar-refractivity contribution in [3.63, 3.8) is 0 Å². The van der Waals surface area contributed by atoms with Crippen molar-refractivity contribution >= 4 is 41.0 Å². The van der Waals surface area contributed by atoms with Crippen molar-refractivity contribution in [1.82, 2.24) is 5.32 Å². The third kappa shape index (κ3) is 4.45. The van der Waals surface area contributed by atoms with Crippen LogP contribution in [0.15, 0.2) is 46.2 Å². The molecule has 0 bridgehead atoms. The number of thioether (sulfide) groups is 2. The Labute approximate surface area is 168 Å². The largest absolute Gasteiger partial charge is 0.366 e. The fourth-order valence-electron chi connectivity index (χ4n) is 2.85. The van der Waals surface area contributed by atoms with E-state index in [2.05, 4.69) is 5.32 Å². The van der Waals surface area contributed by atoms with Crippen molar-refractivity contribution in [2.24, 2.45) is 5.73 Å². The molecule has 3 rings (SSSR count). The van der Waals surface area contributed by atoms with Crippen LogP contribution in [0.5, 0.6) is 0 Å². The number of carbonyl (C=O) groups excluding carboxylic acids is 2. The zero-order valence-corrected chi connectivity index (χ0v) is 16.1. The molecule has 1 aliphatic rings. The van der Waals surface area contributed by atoms with E-state index in [1.807, 2.05) is 0 Å². The Morgan fingerprint density at radius 2 is 2.14 bits per heavy atom. The number of nitrogens with two attached hydrogens (primary N) is 1. The highest BCUT2D eigenvalue weighted by Crippen LogP contribution is 2.38. The van der Waals surface area contributed by atoms with Gasteiger partial charge in [0.15, 0.2) is 0 Å². The number of halogens is 1. The van der Waals surface area contributed by atoms with Crippen LogP contribution in [0.25, 0.3) is 0 Å². The standard InChI is InChI=1S/C18H16FN3O4S2/c19-12-3-1-2-11-13(6-7-27-17(11)12)21-16(23)9-28-15-5-4-10(18(20)24)8-14(15)22(25)26/h1-5,8,13H,6-7,9H2,(H2,20,24)(H,21,23)/t13-/m0/s1. The van der Waals surface area contributed by atoms with E-state index in [9.17, 15) is 24.1 Å². The van der Waals surface area contributed by atoms with Gasteiger partial charge in [-0.3, -0.25) is 19.7 Å². The summed E-state index contributed by atoms with van der Waals surface area (Å²) in [5, 5.41) is 14.1.